The zero-order valence-corrected chi connectivity index (χ0v) is 17.7. The zero-order valence-electron chi connectivity index (χ0n) is 16.9. The van der Waals surface area contributed by atoms with E-state index in [1.165, 1.54) is 12.4 Å². The van der Waals surface area contributed by atoms with Crippen LogP contribution in [-0.4, -0.2) is 36.3 Å². The van der Waals surface area contributed by atoms with Gasteiger partial charge in [0.25, 0.3) is 0 Å². The van der Waals surface area contributed by atoms with E-state index in [1.807, 2.05) is 12.1 Å². The van der Waals surface area contributed by atoms with Crippen LogP contribution in [0.5, 0.6) is 11.5 Å². The Morgan fingerprint density at radius 1 is 1.17 bits per heavy atom. The van der Waals surface area contributed by atoms with Gasteiger partial charge in [0, 0.05) is 16.5 Å². The minimum atomic E-state index is -0.461. The van der Waals surface area contributed by atoms with Crippen molar-refractivity contribution in [3.05, 3.63) is 47.5 Å². The quantitative estimate of drug-likeness (QED) is 0.577. The highest BCUT2D eigenvalue weighted by Crippen LogP contribution is 2.36. The number of aromatic nitrogens is 2. The molecule has 2 N–H and O–H groups in total. The van der Waals surface area contributed by atoms with Gasteiger partial charge in [0.2, 0.25) is 0 Å². The molecule has 1 unspecified atom stereocenters. The van der Waals surface area contributed by atoms with Crippen molar-refractivity contribution in [2.24, 2.45) is 5.92 Å². The molecular formula is C22H24ClFN4O2. The molecule has 2 aromatic carbocycles. The second-order valence-corrected chi connectivity index (χ2v) is 7.84. The van der Waals surface area contributed by atoms with Gasteiger partial charge in [-0.15, -0.1) is 0 Å². The van der Waals surface area contributed by atoms with Crippen molar-refractivity contribution in [3.63, 3.8) is 0 Å². The largest absolute Gasteiger partial charge is 0.493 e. The number of hydrogen-bond acceptors (Lipinski definition) is 6. The van der Waals surface area contributed by atoms with Gasteiger partial charge in [-0.05, 0) is 63.0 Å². The predicted octanol–water partition coefficient (Wildman–Crippen LogP) is 4.94. The van der Waals surface area contributed by atoms with Crippen LogP contribution in [-0.2, 0) is 0 Å². The molecule has 1 aliphatic heterocycles. The summed E-state index contributed by atoms with van der Waals surface area (Å²) in [5.41, 5.74) is 0.952. The van der Waals surface area contributed by atoms with Gasteiger partial charge in [-0.25, -0.2) is 14.4 Å². The Morgan fingerprint density at radius 2 is 1.97 bits per heavy atom. The Bertz CT molecular complexity index is 1040. The molecule has 0 aliphatic carbocycles. The monoisotopic (exact) mass is 430 g/mol. The molecule has 0 radical (unpaired) electrons. The van der Waals surface area contributed by atoms with Crippen molar-refractivity contribution in [1.82, 2.24) is 15.3 Å². The highest BCUT2D eigenvalue weighted by molar-refractivity contribution is 6.30. The van der Waals surface area contributed by atoms with E-state index >= 15 is 0 Å². The summed E-state index contributed by atoms with van der Waals surface area (Å²) in [6, 6.07) is 8.10. The summed E-state index contributed by atoms with van der Waals surface area (Å²) >= 11 is 5.84. The first kappa shape index (κ1) is 20.6. The van der Waals surface area contributed by atoms with E-state index in [1.54, 1.807) is 19.2 Å². The number of piperidine rings is 1. The van der Waals surface area contributed by atoms with Gasteiger partial charge in [0.1, 0.15) is 18.0 Å². The summed E-state index contributed by atoms with van der Waals surface area (Å²) in [4.78, 5) is 8.64. The van der Waals surface area contributed by atoms with Crippen molar-refractivity contribution in [3.8, 4) is 11.5 Å². The summed E-state index contributed by atoms with van der Waals surface area (Å²) in [5, 5.41) is 7.42. The Kier molecular flexibility index (Phi) is 6.20. The Labute approximate surface area is 179 Å². The first-order chi connectivity index (χ1) is 14.5. The van der Waals surface area contributed by atoms with Crippen LogP contribution in [0.1, 0.15) is 19.8 Å². The van der Waals surface area contributed by atoms with E-state index < -0.39 is 5.82 Å². The number of ether oxygens (including phenoxy) is 2. The van der Waals surface area contributed by atoms with E-state index in [-0.39, 0.29) is 11.8 Å². The molecular weight excluding hydrogens is 407 g/mol. The molecule has 0 bridgehead atoms. The first-order valence-electron chi connectivity index (χ1n) is 9.97. The number of methoxy groups -OCH3 is 1. The minimum Gasteiger partial charge on any atom is -0.493 e. The molecule has 8 heteroatoms. The molecule has 158 valence electrons. The average molecular weight is 431 g/mol. The molecule has 6 nitrogen and oxygen atoms in total. The lowest BCUT2D eigenvalue weighted by Crippen LogP contribution is -2.35. The third-order valence-electron chi connectivity index (χ3n) is 5.47. The van der Waals surface area contributed by atoms with Crippen LogP contribution in [0.2, 0.25) is 5.02 Å². The summed E-state index contributed by atoms with van der Waals surface area (Å²) in [7, 11) is 1.60. The van der Waals surface area contributed by atoms with Crippen LogP contribution >= 0.6 is 11.6 Å². The zero-order chi connectivity index (χ0) is 21.1. The van der Waals surface area contributed by atoms with E-state index in [0.29, 0.717) is 39.2 Å². The molecule has 3 aromatic rings. The third kappa shape index (κ3) is 4.42. The van der Waals surface area contributed by atoms with Crippen molar-refractivity contribution >= 4 is 34.0 Å². The topological polar surface area (TPSA) is 68.3 Å². The van der Waals surface area contributed by atoms with Gasteiger partial charge < -0.3 is 20.1 Å². The van der Waals surface area contributed by atoms with Gasteiger partial charge in [0.05, 0.1) is 24.4 Å². The highest BCUT2D eigenvalue weighted by atomic mass is 35.5. The molecule has 0 saturated carbocycles. The van der Waals surface area contributed by atoms with E-state index in [2.05, 4.69) is 27.5 Å². The number of hydrogen-bond donors (Lipinski definition) is 2. The number of fused-ring (bicyclic) bond motifs is 1. The molecule has 1 aromatic heterocycles. The molecule has 2 heterocycles. The van der Waals surface area contributed by atoms with E-state index in [4.69, 9.17) is 21.1 Å². The van der Waals surface area contributed by atoms with Crippen LogP contribution in [0.3, 0.4) is 0 Å². The molecule has 0 amide bonds. The lowest BCUT2D eigenvalue weighted by molar-refractivity contribution is 0.124. The average Bonchev–Trinajstić information content (AvgIpc) is 2.76. The maximum Gasteiger partial charge on any atom is 0.163 e. The van der Waals surface area contributed by atoms with Crippen molar-refractivity contribution < 1.29 is 13.9 Å². The fraction of sp³-hybridized carbons (Fsp3) is 0.364. The maximum atomic E-state index is 14.2. The number of nitrogens with one attached hydrogen (secondary N) is 2. The number of anilines is 2. The van der Waals surface area contributed by atoms with Gasteiger partial charge in [-0.2, -0.15) is 0 Å². The van der Waals surface area contributed by atoms with Crippen LogP contribution in [0.15, 0.2) is 36.7 Å². The van der Waals surface area contributed by atoms with Crippen molar-refractivity contribution in [2.45, 2.75) is 25.9 Å². The third-order valence-corrected chi connectivity index (χ3v) is 5.70. The Hall–Kier alpha value is -2.64. The van der Waals surface area contributed by atoms with Gasteiger partial charge in [-0.3, -0.25) is 0 Å². The highest BCUT2D eigenvalue weighted by Gasteiger charge is 2.23. The molecule has 0 spiro atoms. The van der Waals surface area contributed by atoms with E-state index in [0.717, 1.165) is 25.9 Å². The van der Waals surface area contributed by atoms with Crippen molar-refractivity contribution in [1.29, 1.82) is 0 Å². The van der Waals surface area contributed by atoms with Crippen LogP contribution in [0.4, 0.5) is 15.9 Å². The standard InChI is InChI=1S/C22H24ClFN4O2/c1-13(14-5-7-25-8-6-14)30-21-11-19-16(10-20(21)29-2)22(27-12-26-19)28-18-4-3-15(23)9-17(18)24/h3-4,9-14,25H,5-8H2,1-2H3,(H,26,27,28). The Balaban J connectivity index is 1.65. The maximum absolute atomic E-state index is 14.2. The van der Waals surface area contributed by atoms with Crippen molar-refractivity contribution in [2.75, 3.05) is 25.5 Å². The van der Waals surface area contributed by atoms with E-state index in [9.17, 15) is 4.39 Å². The predicted molar refractivity (Wildman–Crippen MR) is 116 cm³/mol. The summed E-state index contributed by atoms with van der Waals surface area (Å²) < 4.78 is 26.1. The summed E-state index contributed by atoms with van der Waals surface area (Å²) in [6.07, 6.45) is 3.66. The molecule has 30 heavy (non-hydrogen) atoms. The first-order valence-corrected chi connectivity index (χ1v) is 10.3. The summed E-state index contributed by atoms with van der Waals surface area (Å²) in [6.45, 7) is 4.11. The molecule has 4 rings (SSSR count). The van der Waals surface area contributed by atoms with Gasteiger partial charge in [0.15, 0.2) is 11.5 Å². The fourth-order valence-corrected chi connectivity index (χ4v) is 3.90. The normalized spacial score (nSPS) is 15.7. The molecule has 1 aliphatic rings. The lowest BCUT2D eigenvalue weighted by Gasteiger charge is -2.29. The molecule has 1 fully saturated rings. The minimum absolute atomic E-state index is 0.0565. The smallest absolute Gasteiger partial charge is 0.163 e. The van der Waals surface area contributed by atoms with Crippen LogP contribution in [0, 0.1) is 11.7 Å². The number of rotatable bonds is 6. The molecule has 1 saturated heterocycles. The number of nitrogens with zero attached hydrogens (tertiary/aromatic N) is 2. The Morgan fingerprint density at radius 3 is 2.70 bits per heavy atom. The number of benzene rings is 2. The summed E-state index contributed by atoms with van der Waals surface area (Å²) in [5.74, 6) is 1.72. The molecule has 1 atom stereocenters. The van der Waals surface area contributed by atoms with Gasteiger partial charge in [-0.1, -0.05) is 11.6 Å². The number of halogens is 2. The SMILES string of the molecule is COc1cc2c(Nc3ccc(Cl)cc3F)ncnc2cc1OC(C)C1CCNCC1. The lowest BCUT2D eigenvalue weighted by atomic mass is 9.93. The van der Waals surface area contributed by atoms with Crippen LogP contribution in [0.25, 0.3) is 10.9 Å². The fourth-order valence-electron chi connectivity index (χ4n) is 3.74. The second kappa shape index (κ2) is 9.02. The van der Waals surface area contributed by atoms with Crippen LogP contribution < -0.4 is 20.1 Å². The second-order valence-electron chi connectivity index (χ2n) is 7.40. The van der Waals surface area contributed by atoms with Gasteiger partial charge >= 0.3 is 0 Å².